The summed E-state index contributed by atoms with van der Waals surface area (Å²) in [5, 5.41) is 2.53. The Labute approximate surface area is 117 Å². The molecule has 0 heterocycles. The fourth-order valence-corrected chi connectivity index (χ4v) is 1.90. The summed E-state index contributed by atoms with van der Waals surface area (Å²) < 4.78 is 13.1. The van der Waals surface area contributed by atoms with Gasteiger partial charge in [0.05, 0.1) is 5.92 Å². The van der Waals surface area contributed by atoms with E-state index >= 15 is 0 Å². The Bertz CT molecular complexity index is 494. The topological polar surface area (TPSA) is 49.4 Å². The van der Waals surface area contributed by atoms with Crippen LogP contribution in [0.15, 0.2) is 23.1 Å². The van der Waals surface area contributed by atoms with Crippen molar-refractivity contribution >= 4 is 24.4 Å². The number of carbonyl (C=O) groups excluding carboxylic acids is 2. The number of nitrogens with one attached hydrogen (secondary N) is 1. The number of hydrogen-bond acceptors (Lipinski definition) is 3. The van der Waals surface area contributed by atoms with E-state index in [4.69, 9.17) is 0 Å². The molecular weight excluding hydrogens is 267 g/mol. The van der Waals surface area contributed by atoms with Gasteiger partial charge in [0.15, 0.2) is 0 Å². The van der Waals surface area contributed by atoms with Crippen molar-refractivity contribution in [2.24, 2.45) is 5.92 Å². The summed E-state index contributed by atoms with van der Waals surface area (Å²) in [6.45, 7) is 2.02. The molecule has 0 aliphatic rings. The Morgan fingerprint density at radius 2 is 2.11 bits per heavy atom. The summed E-state index contributed by atoms with van der Waals surface area (Å²) in [7, 11) is 3.15. The van der Waals surface area contributed by atoms with E-state index in [9.17, 15) is 14.0 Å². The molecule has 0 aromatic heterocycles. The van der Waals surface area contributed by atoms with E-state index in [-0.39, 0.29) is 29.2 Å². The van der Waals surface area contributed by atoms with Crippen LogP contribution in [0.2, 0.25) is 0 Å². The monoisotopic (exact) mass is 284 g/mol. The van der Waals surface area contributed by atoms with Crippen LogP contribution in [0.4, 0.5) is 4.39 Å². The standard InChI is InChI=1S/C13H17FN2O2S/c1-8(12(17)15-2)7-16(3)13(18)9-4-5-10(14)11(19)6-9/h4-6,8,19H,7H2,1-3H3,(H,15,17). The number of thiol groups is 1. The average molecular weight is 284 g/mol. The first kappa shape index (κ1) is 15.5. The molecule has 1 aromatic rings. The van der Waals surface area contributed by atoms with Gasteiger partial charge in [-0.05, 0) is 18.2 Å². The van der Waals surface area contributed by atoms with Gasteiger partial charge >= 0.3 is 0 Å². The maximum Gasteiger partial charge on any atom is 0.253 e. The molecule has 1 atom stereocenters. The average Bonchev–Trinajstić information content (AvgIpc) is 2.39. The van der Waals surface area contributed by atoms with Crippen LogP contribution in [0.1, 0.15) is 17.3 Å². The van der Waals surface area contributed by atoms with E-state index in [2.05, 4.69) is 17.9 Å². The van der Waals surface area contributed by atoms with Crippen LogP contribution in [0.5, 0.6) is 0 Å². The molecular formula is C13H17FN2O2S. The van der Waals surface area contributed by atoms with Crippen LogP contribution in [0, 0.1) is 11.7 Å². The van der Waals surface area contributed by atoms with E-state index in [1.54, 1.807) is 21.0 Å². The van der Waals surface area contributed by atoms with Crippen LogP contribution in [0.25, 0.3) is 0 Å². The smallest absolute Gasteiger partial charge is 0.253 e. The summed E-state index contributed by atoms with van der Waals surface area (Å²) in [5.74, 6) is -1.18. The van der Waals surface area contributed by atoms with Crippen LogP contribution in [-0.2, 0) is 4.79 Å². The van der Waals surface area contributed by atoms with Crippen molar-refractivity contribution in [3.8, 4) is 0 Å². The minimum Gasteiger partial charge on any atom is -0.359 e. The molecule has 0 bridgehead atoms. The minimum atomic E-state index is -0.471. The Hall–Kier alpha value is -1.56. The van der Waals surface area contributed by atoms with Gasteiger partial charge < -0.3 is 10.2 Å². The van der Waals surface area contributed by atoms with Gasteiger partial charge in [-0.1, -0.05) is 6.92 Å². The van der Waals surface area contributed by atoms with Crippen LogP contribution < -0.4 is 5.32 Å². The summed E-state index contributed by atoms with van der Waals surface area (Å²) >= 11 is 3.94. The number of amides is 2. The number of carbonyl (C=O) groups is 2. The molecule has 104 valence electrons. The molecule has 0 aliphatic carbocycles. The Kier molecular flexibility index (Phi) is 5.35. The minimum absolute atomic E-state index is 0.124. The highest BCUT2D eigenvalue weighted by molar-refractivity contribution is 7.80. The van der Waals surface area contributed by atoms with Gasteiger partial charge in [0.1, 0.15) is 5.82 Å². The van der Waals surface area contributed by atoms with Crippen molar-refractivity contribution in [2.45, 2.75) is 11.8 Å². The molecule has 1 N–H and O–H groups in total. The Balaban J connectivity index is 2.76. The number of rotatable bonds is 4. The third-order valence-corrected chi connectivity index (χ3v) is 3.12. The normalized spacial score (nSPS) is 11.8. The lowest BCUT2D eigenvalue weighted by Gasteiger charge is -2.21. The second kappa shape index (κ2) is 6.56. The number of halogens is 1. The molecule has 0 saturated carbocycles. The Morgan fingerprint density at radius 1 is 1.47 bits per heavy atom. The second-order valence-electron chi connectivity index (χ2n) is 4.37. The summed E-state index contributed by atoms with van der Waals surface area (Å²) in [6.07, 6.45) is 0. The van der Waals surface area contributed by atoms with Crippen molar-refractivity contribution in [1.29, 1.82) is 0 Å². The quantitative estimate of drug-likeness (QED) is 0.825. The predicted octanol–water partition coefficient (Wildman–Crippen LogP) is 1.57. The highest BCUT2D eigenvalue weighted by atomic mass is 32.1. The number of nitrogens with zero attached hydrogens (tertiary/aromatic N) is 1. The van der Waals surface area contributed by atoms with Crippen LogP contribution >= 0.6 is 12.6 Å². The number of benzene rings is 1. The lowest BCUT2D eigenvalue weighted by molar-refractivity contribution is -0.124. The van der Waals surface area contributed by atoms with Gasteiger partial charge in [0.2, 0.25) is 5.91 Å². The van der Waals surface area contributed by atoms with Gasteiger partial charge in [-0.2, -0.15) is 0 Å². The summed E-state index contributed by atoms with van der Waals surface area (Å²) in [5.41, 5.74) is 0.345. The van der Waals surface area contributed by atoms with Gasteiger partial charge in [-0.3, -0.25) is 9.59 Å². The third kappa shape index (κ3) is 3.96. The van der Waals surface area contributed by atoms with Gasteiger partial charge in [-0.15, -0.1) is 12.6 Å². The van der Waals surface area contributed by atoms with Gasteiger partial charge in [0.25, 0.3) is 5.91 Å². The summed E-state index contributed by atoms with van der Waals surface area (Å²) in [6, 6.07) is 3.98. The van der Waals surface area contributed by atoms with Crippen molar-refractivity contribution in [1.82, 2.24) is 10.2 Å². The van der Waals surface area contributed by atoms with E-state index < -0.39 is 5.82 Å². The van der Waals surface area contributed by atoms with Crippen molar-refractivity contribution in [3.05, 3.63) is 29.6 Å². The molecule has 0 aliphatic heterocycles. The maximum absolute atomic E-state index is 13.1. The SMILES string of the molecule is CNC(=O)C(C)CN(C)C(=O)c1ccc(F)c(S)c1. The molecule has 6 heteroatoms. The highest BCUT2D eigenvalue weighted by Gasteiger charge is 2.18. The molecule has 1 aromatic carbocycles. The van der Waals surface area contributed by atoms with Gasteiger partial charge in [0, 0.05) is 31.1 Å². The van der Waals surface area contributed by atoms with Gasteiger partial charge in [-0.25, -0.2) is 4.39 Å². The molecule has 19 heavy (non-hydrogen) atoms. The fraction of sp³-hybridized carbons (Fsp3) is 0.385. The largest absolute Gasteiger partial charge is 0.359 e. The van der Waals surface area contributed by atoms with Crippen molar-refractivity contribution in [2.75, 3.05) is 20.6 Å². The predicted molar refractivity (Wildman–Crippen MR) is 73.8 cm³/mol. The van der Waals surface area contributed by atoms with Crippen molar-refractivity contribution < 1.29 is 14.0 Å². The zero-order chi connectivity index (χ0) is 14.6. The molecule has 2 amide bonds. The molecule has 4 nitrogen and oxygen atoms in total. The van der Waals surface area contributed by atoms with E-state index in [1.165, 1.54) is 23.1 Å². The molecule has 1 unspecified atom stereocenters. The fourth-order valence-electron chi connectivity index (χ4n) is 1.69. The Morgan fingerprint density at radius 3 is 2.63 bits per heavy atom. The van der Waals surface area contributed by atoms with Crippen LogP contribution in [0.3, 0.4) is 0 Å². The van der Waals surface area contributed by atoms with Crippen LogP contribution in [-0.4, -0.2) is 37.4 Å². The first-order valence-corrected chi connectivity index (χ1v) is 6.27. The second-order valence-corrected chi connectivity index (χ2v) is 4.85. The lowest BCUT2D eigenvalue weighted by Crippen LogP contribution is -2.37. The molecule has 0 saturated heterocycles. The highest BCUT2D eigenvalue weighted by Crippen LogP contribution is 2.15. The zero-order valence-corrected chi connectivity index (χ0v) is 12.0. The first-order valence-electron chi connectivity index (χ1n) is 5.82. The third-order valence-electron chi connectivity index (χ3n) is 2.78. The first-order chi connectivity index (χ1) is 8.86. The molecule has 0 spiro atoms. The summed E-state index contributed by atoms with van der Waals surface area (Å²) in [4.78, 5) is 25.0. The van der Waals surface area contributed by atoms with Crippen molar-refractivity contribution in [3.63, 3.8) is 0 Å². The number of hydrogen-bond donors (Lipinski definition) is 2. The zero-order valence-electron chi connectivity index (χ0n) is 11.1. The molecule has 0 radical (unpaired) electrons. The van der Waals surface area contributed by atoms with E-state index in [0.717, 1.165) is 0 Å². The lowest BCUT2D eigenvalue weighted by atomic mass is 10.1. The molecule has 0 fully saturated rings. The van der Waals surface area contributed by atoms with E-state index in [1.807, 2.05) is 0 Å². The molecule has 1 rings (SSSR count). The maximum atomic E-state index is 13.1. The van der Waals surface area contributed by atoms with E-state index in [0.29, 0.717) is 5.56 Å².